The van der Waals surface area contributed by atoms with Crippen LogP contribution >= 0.6 is 0 Å². The summed E-state index contributed by atoms with van der Waals surface area (Å²) in [6, 6.07) is 7.88. The molecule has 112 valence electrons. The molecule has 2 rings (SSSR count). The highest BCUT2D eigenvalue weighted by atomic mass is 19.1. The Morgan fingerprint density at radius 2 is 1.95 bits per heavy atom. The molecule has 2 aromatic rings. The summed E-state index contributed by atoms with van der Waals surface area (Å²) in [6.45, 7) is 4.21. The molecule has 0 amide bonds. The molecule has 0 aliphatic rings. The molecule has 0 atom stereocenters. The van der Waals surface area contributed by atoms with E-state index in [-0.39, 0.29) is 18.2 Å². The predicted octanol–water partition coefficient (Wildman–Crippen LogP) is 2.52. The molecule has 0 saturated heterocycles. The summed E-state index contributed by atoms with van der Waals surface area (Å²) in [5.74, 6) is -0.130. The quantitative estimate of drug-likeness (QED) is 0.460. The Bertz CT molecular complexity index is 627. The Morgan fingerprint density at radius 3 is 2.43 bits per heavy atom. The third kappa shape index (κ3) is 4.76. The number of aromatic nitrogens is 2. The van der Waals surface area contributed by atoms with E-state index in [1.54, 1.807) is 18.2 Å². The lowest BCUT2D eigenvalue weighted by Crippen LogP contribution is -2.13. The Kier molecular flexibility index (Phi) is 6.13. The van der Waals surface area contributed by atoms with Gasteiger partial charge in [-0.1, -0.05) is 30.4 Å². The second-order valence-corrected chi connectivity index (χ2v) is 4.28. The third-order valence-corrected chi connectivity index (χ3v) is 2.70. The monoisotopic (exact) mass is 289 g/mol. The topological polar surface area (TPSA) is 93.7 Å². The fourth-order valence-corrected chi connectivity index (χ4v) is 1.48. The minimum absolute atomic E-state index is 0.163. The van der Waals surface area contributed by atoms with Crippen molar-refractivity contribution in [3.05, 3.63) is 59.6 Å². The van der Waals surface area contributed by atoms with Crippen LogP contribution in [0.25, 0.3) is 0 Å². The smallest absolute Gasteiger partial charge is 0.143 e. The zero-order chi connectivity index (χ0) is 15.8. The van der Waals surface area contributed by atoms with Crippen LogP contribution in [0.3, 0.4) is 0 Å². The van der Waals surface area contributed by atoms with Gasteiger partial charge < -0.3 is 11.5 Å². The van der Waals surface area contributed by atoms with Crippen molar-refractivity contribution in [2.75, 3.05) is 5.73 Å². The largest absolute Gasteiger partial charge is 0.384 e. The Hall–Kier alpha value is -2.63. The van der Waals surface area contributed by atoms with Crippen molar-refractivity contribution in [1.29, 1.82) is 5.41 Å². The third-order valence-electron chi connectivity index (χ3n) is 2.70. The molecule has 0 saturated carbocycles. The minimum atomic E-state index is -0.313. The number of nitrogens with two attached hydrogens (primary N) is 2. The van der Waals surface area contributed by atoms with Crippen LogP contribution in [0, 0.1) is 11.2 Å². The molecule has 6 heteroatoms. The van der Waals surface area contributed by atoms with E-state index < -0.39 is 0 Å². The second kappa shape index (κ2) is 7.84. The zero-order valence-electron chi connectivity index (χ0n) is 12.2. The van der Waals surface area contributed by atoms with Crippen LogP contribution in [-0.4, -0.2) is 15.6 Å². The van der Waals surface area contributed by atoms with E-state index in [1.807, 2.05) is 26.0 Å². The Balaban J connectivity index is 0.000000491. The van der Waals surface area contributed by atoms with Gasteiger partial charge in [-0.2, -0.15) is 5.10 Å². The van der Waals surface area contributed by atoms with E-state index in [1.165, 1.54) is 16.8 Å². The Morgan fingerprint density at radius 1 is 1.33 bits per heavy atom. The first-order valence-corrected chi connectivity index (χ1v) is 6.48. The van der Waals surface area contributed by atoms with E-state index in [4.69, 9.17) is 16.9 Å². The molecule has 1 aromatic heterocycles. The molecule has 0 aliphatic carbocycles. The van der Waals surface area contributed by atoms with Gasteiger partial charge in [0.1, 0.15) is 23.2 Å². The van der Waals surface area contributed by atoms with E-state index in [9.17, 15) is 4.39 Å². The highest BCUT2D eigenvalue weighted by Crippen LogP contribution is 2.12. The first-order chi connectivity index (χ1) is 9.99. The molecule has 5 nitrogen and oxygen atoms in total. The van der Waals surface area contributed by atoms with Crippen molar-refractivity contribution in [1.82, 2.24) is 9.78 Å². The SMILES string of the molecule is C/C=C\C.N=C(N)c1cc(N)n(Cc2ccccc2F)n1. The van der Waals surface area contributed by atoms with Crippen LogP contribution in [-0.2, 0) is 6.54 Å². The van der Waals surface area contributed by atoms with Crippen LogP contribution in [0.4, 0.5) is 10.2 Å². The zero-order valence-corrected chi connectivity index (χ0v) is 12.2. The minimum Gasteiger partial charge on any atom is -0.384 e. The van der Waals surface area contributed by atoms with Gasteiger partial charge in [-0.3, -0.25) is 5.41 Å². The second-order valence-electron chi connectivity index (χ2n) is 4.28. The maximum Gasteiger partial charge on any atom is 0.143 e. The summed E-state index contributed by atoms with van der Waals surface area (Å²) in [5, 5.41) is 11.3. The number of nitrogens with zero attached hydrogens (tertiary/aromatic N) is 2. The van der Waals surface area contributed by atoms with Gasteiger partial charge in [0.25, 0.3) is 0 Å². The molecular formula is C15H20FN5. The number of halogens is 1. The lowest BCUT2D eigenvalue weighted by Gasteiger charge is -2.04. The van der Waals surface area contributed by atoms with Gasteiger partial charge in [-0.25, -0.2) is 9.07 Å². The summed E-state index contributed by atoms with van der Waals surface area (Å²) in [4.78, 5) is 0. The van der Waals surface area contributed by atoms with Crippen LogP contribution < -0.4 is 11.5 Å². The summed E-state index contributed by atoms with van der Waals surface area (Å²) in [5.41, 5.74) is 11.8. The molecule has 21 heavy (non-hydrogen) atoms. The number of amidine groups is 1. The van der Waals surface area contributed by atoms with Gasteiger partial charge in [0.05, 0.1) is 6.54 Å². The van der Waals surface area contributed by atoms with Gasteiger partial charge >= 0.3 is 0 Å². The molecule has 1 heterocycles. The number of nitrogen functional groups attached to an aromatic ring is 2. The summed E-state index contributed by atoms with van der Waals surface area (Å²) < 4.78 is 14.8. The number of rotatable bonds is 3. The van der Waals surface area contributed by atoms with Crippen LogP contribution in [0.5, 0.6) is 0 Å². The van der Waals surface area contributed by atoms with E-state index in [2.05, 4.69) is 5.10 Å². The fraction of sp³-hybridized carbons (Fsp3) is 0.200. The highest BCUT2D eigenvalue weighted by molar-refractivity contribution is 5.93. The molecular weight excluding hydrogens is 269 g/mol. The average molecular weight is 289 g/mol. The van der Waals surface area contributed by atoms with Gasteiger partial charge in [-0.05, 0) is 19.9 Å². The number of hydrogen-bond donors (Lipinski definition) is 3. The normalized spacial score (nSPS) is 10.2. The number of hydrogen-bond acceptors (Lipinski definition) is 3. The van der Waals surface area contributed by atoms with Crippen molar-refractivity contribution < 1.29 is 4.39 Å². The molecule has 5 N–H and O–H groups in total. The van der Waals surface area contributed by atoms with Crippen molar-refractivity contribution in [2.24, 2.45) is 5.73 Å². The molecule has 0 radical (unpaired) electrons. The van der Waals surface area contributed by atoms with Gasteiger partial charge in [0.15, 0.2) is 0 Å². The summed E-state index contributed by atoms with van der Waals surface area (Å²) in [6.07, 6.45) is 4.00. The van der Waals surface area contributed by atoms with Gasteiger partial charge in [0, 0.05) is 11.6 Å². The predicted molar refractivity (Wildman–Crippen MR) is 83.6 cm³/mol. The highest BCUT2D eigenvalue weighted by Gasteiger charge is 2.09. The fourth-order valence-electron chi connectivity index (χ4n) is 1.48. The van der Waals surface area contributed by atoms with Gasteiger partial charge in [-0.15, -0.1) is 0 Å². The molecule has 0 aliphatic heterocycles. The lowest BCUT2D eigenvalue weighted by atomic mass is 10.2. The van der Waals surface area contributed by atoms with Crippen molar-refractivity contribution >= 4 is 11.7 Å². The lowest BCUT2D eigenvalue weighted by molar-refractivity contribution is 0.587. The molecule has 0 unspecified atom stereocenters. The number of allylic oxidation sites excluding steroid dienone is 2. The van der Waals surface area contributed by atoms with E-state index in [0.717, 1.165) is 0 Å². The first-order valence-electron chi connectivity index (χ1n) is 6.48. The Labute approximate surface area is 123 Å². The maximum absolute atomic E-state index is 13.4. The molecule has 0 bridgehead atoms. The standard InChI is InChI=1S/C11H12FN5.C4H8/c12-8-4-2-1-3-7(8)6-17-10(13)5-9(16-17)11(14)15;1-3-4-2/h1-5H,6,13H2,(H3,14,15);3-4H,1-2H3/b;4-3-. The number of benzene rings is 1. The number of nitrogens with one attached hydrogen (secondary N) is 1. The van der Waals surface area contributed by atoms with Crippen LogP contribution in [0.15, 0.2) is 42.5 Å². The molecule has 0 spiro atoms. The van der Waals surface area contributed by atoms with Crippen molar-refractivity contribution in [3.8, 4) is 0 Å². The summed E-state index contributed by atoms with van der Waals surface area (Å²) in [7, 11) is 0. The van der Waals surface area contributed by atoms with Crippen LogP contribution in [0.2, 0.25) is 0 Å². The van der Waals surface area contributed by atoms with E-state index >= 15 is 0 Å². The van der Waals surface area contributed by atoms with Crippen molar-refractivity contribution in [2.45, 2.75) is 20.4 Å². The van der Waals surface area contributed by atoms with E-state index in [0.29, 0.717) is 17.1 Å². The summed E-state index contributed by atoms with van der Waals surface area (Å²) >= 11 is 0. The van der Waals surface area contributed by atoms with Gasteiger partial charge in [0.2, 0.25) is 0 Å². The average Bonchev–Trinajstić information content (AvgIpc) is 2.83. The molecule has 1 aromatic carbocycles. The number of anilines is 1. The van der Waals surface area contributed by atoms with Crippen LogP contribution in [0.1, 0.15) is 25.1 Å². The van der Waals surface area contributed by atoms with Crippen molar-refractivity contribution in [3.63, 3.8) is 0 Å². The molecule has 0 fully saturated rings. The maximum atomic E-state index is 13.4. The first kappa shape index (κ1) is 16.4.